The predicted octanol–water partition coefficient (Wildman–Crippen LogP) is 1.09. The monoisotopic (exact) mass is 335 g/mol. The fourth-order valence-electron chi connectivity index (χ4n) is 1.60. The maximum Gasteiger partial charge on any atom is 0.251 e. The standard InChI is InChI=1S/C13H21N3O3S.ClH/c1-3-20(18,19)16(2)10-4-9-15-13(17)11-5-7-12(14)8-6-11;/h5-8H,3-4,9-10,14H2,1-2H3,(H,15,17);1H. The Morgan fingerprint density at radius 3 is 2.38 bits per heavy atom. The van der Waals surface area contributed by atoms with Crippen LogP contribution in [0.4, 0.5) is 5.69 Å². The molecule has 3 N–H and O–H groups in total. The Hall–Kier alpha value is -1.31. The molecule has 0 aliphatic rings. The Kier molecular flexibility index (Phi) is 8.31. The quantitative estimate of drug-likeness (QED) is 0.576. The van der Waals surface area contributed by atoms with Crippen LogP contribution in [0.5, 0.6) is 0 Å². The van der Waals surface area contributed by atoms with E-state index in [0.29, 0.717) is 30.8 Å². The third-order valence-electron chi connectivity index (χ3n) is 2.95. The number of sulfonamides is 1. The van der Waals surface area contributed by atoms with Crippen LogP contribution in [0, 0.1) is 0 Å². The van der Waals surface area contributed by atoms with Crippen molar-refractivity contribution in [2.24, 2.45) is 0 Å². The number of hydrogen-bond acceptors (Lipinski definition) is 4. The third-order valence-corrected chi connectivity index (χ3v) is 4.81. The van der Waals surface area contributed by atoms with E-state index >= 15 is 0 Å². The van der Waals surface area contributed by atoms with Crippen LogP contribution >= 0.6 is 12.4 Å². The number of nitrogens with two attached hydrogens (primary N) is 1. The molecular weight excluding hydrogens is 314 g/mol. The molecule has 0 bridgehead atoms. The molecule has 21 heavy (non-hydrogen) atoms. The van der Waals surface area contributed by atoms with Gasteiger partial charge in [0.25, 0.3) is 5.91 Å². The van der Waals surface area contributed by atoms with Gasteiger partial charge >= 0.3 is 0 Å². The maximum atomic E-state index is 11.8. The lowest BCUT2D eigenvalue weighted by molar-refractivity contribution is 0.0953. The minimum Gasteiger partial charge on any atom is -0.399 e. The number of hydrogen-bond donors (Lipinski definition) is 2. The first-order valence-electron chi connectivity index (χ1n) is 6.44. The van der Waals surface area contributed by atoms with Gasteiger partial charge in [0.2, 0.25) is 10.0 Å². The lowest BCUT2D eigenvalue weighted by atomic mass is 10.2. The highest BCUT2D eigenvalue weighted by Gasteiger charge is 2.14. The van der Waals surface area contributed by atoms with Crippen molar-refractivity contribution in [1.29, 1.82) is 0 Å². The van der Waals surface area contributed by atoms with Gasteiger partial charge in [0, 0.05) is 31.4 Å². The first-order valence-corrected chi connectivity index (χ1v) is 8.05. The van der Waals surface area contributed by atoms with E-state index in [1.165, 1.54) is 4.31 Å². The number of benzene rings is 1. The molecular formula is C13H22ClN3O3S. The summed E-state index contributed by atoms with van der Waals surface area (Å²) < 4.78 is 24.3. The Bertz CT molecular complexity index is 546. The van der Waals surface area contributed by atoms with Gasteiger partial charge in [-0.2, -0.15) is 0 Å². The normalized spacial score (nSPS) is 11.0. The summed E-state index contributed by atoms with van der Waals surface area (Å²) >= 11 is 0. The SMILES string of the molecule is CCS(=O)(=O)N(C)CCCNC(=O)c1ccc(N)cc1.Cl. The summed E-state index contributed by atoms with van der Waals surface area (Å²) in [6.07, 6.45) is 0.566. The first-order chi connectivity index (χ1) is 9.36. The fourth-order valence-corrected chi connectivity index (χ4v) is 2.45. The molecule has 0 aliphatic carbocycles. The molecule has 0 fully saturated rings. The average molecular weight is 336 g/mol. The molecule has 0 saturated heterocycles. The van der Waals surface area contributed by atoms with Gasteiger partial charge in [-0.3, -0.25) is 4.79 Å². The van der Waals surface area contributed by atoms with Gasteiger partial charge in [0.05, 0.1) is 5.75 Å². The smallest absolute Gasteiger partial charge is 0.251 e. The van der Waals surface area contributed by atoms with E-state index in [9.17, 15) is 13.2 Å². The summed E-state index contributed by atoms with van der Waals surface area (Å²) in [5.41, 5.74) is 6.68. The molecule has 1 aromatic carbocycles. The van der Waals surface area contributed by atoms with E-state index < -0.39 is 10.0 Å². The average Bonchev–Trinajstić information content (AvgIpc) is 2.43. The van der Waals surface area contributed by atoms with Crippen molar-refractivity contribution in [3.05, 3.63) is 29.8 Å². The largest absolute Gasteiger partial charge is 0.399 e. The molecule has 0 aliphatic heterocycles. The predicted molar refractivity (Wildman–Crippen MR) is 87.1 cm³/mol. The van der Waals surface area contributed by atoms with Crippen LogP contribution in [0.2, 0.25) is 0 Å². The molecule has 0 aromatic heterocycles. The lowest BCUT2D eigenvalue weighted by Crippen LogP contribution is -2.32. The number of halogens is 1. The summed E-state index contributed by atoms with van der Waals surface area (Å²) in [5.74, 6) is -0.104. The van der Waals surface area contributed by atoms with Crippen molar-refractivity contribution in [2.45, 2.75) is 13.3 Å². The van der Waals surface area contributed by atoms with E-state index in [0.717, 1.165) is 0 Å². The number of nitrogen functional groups attached to an aromatic ring is 1. The Morgan fingerprint density at radius 2 is 1.86 bits per heavy atom. The van der Waals surface area contributed by atoms with Crippen LogP contribution in [0.25, 0.3) is 0 Å². The fraction of sp³-hybridized carbons (Fsp3) is 0.462. The second-order valence-electron chi connectivity index (χ2n) is 4.45. The van der Waals surface area contributed by atoms with Gasteiger partial charge in [-0.1, -0.05) is 0 Å². The number of amides is 1. The summed E-state index contributed by atoms with van der Waals surface area (Å²) in [6, 6.07) is 6.63. The highest BCUT2D eigenvalue weighted by Crippen LogP contribution is 2.05. The van der Waals surface area contributed by atoms with E-state index in [2.05, 4.69) is 5.32 Å². The van der Waals surface area contributed by atoms with Crippen molar-refractivity contribution in [3.8, 4) is 0 Å². The summed E-state index contributed by atoms with van der Waals surface area (Å²) in [7, 11) is -1.61. The molecule has 1 aromatic rings. The zero-order valence-electron chi connectivity index (χ0n) is 12.2. The number of nitrogens with zero attached hydrogens (tertiary/aromatic N) is 1. The molecule has 8 heteroatoms. The highest BCUT2D eigenvalue weighted by atomic mass is 35.5. The van der Waals surface area contributed by atoms with Gasteiger partial charge in [-0.05, 0) is 37.6 Å². The highest BCUT2D eigenvalue weighted by molar-refractivity contribution is 7.89. The van der Waals surface area contributed by atoms with Crippen molar-refractivity contribution < 1.29 is 13.2 Å². The van der Waals surface area contributed by atoms with E-state index in [-0.39, 0.29) is 24.1 Å². The van der Waals surface area contributed by atoms with Crippen LogP contribution in [-0.2, 0) is 10.0 Å². The van der Waals surface area contributed by atoms with Crippen LogP contribution < -0.4 is 11.1 Å². The molecule has 0 atom stereocenters. The number of carbonyl (C=O) groups excluding carboxylic acids is 1. The van der Waals surface area contributed by atoms with Crippen molar-refractivity contribution in [2.75, 3.05) is 31.6 Å². The van der Waals surface area contributed by atoms with Crippen LogP contribution in [0.3, 0.4) is 0 Å². The maximum absolute atomic E-state index is 11.8. The summed E-state index contributed by atoms with van der Waals surface area (Å²) in [6.45, 7) is 2.42. The Balaban J connectivity index is 0.00000400. The third kappa shape index (κ3) is 6.33. The summed E-state index contributed by atoms with van der Waals surface area (Å²) in [4.78, 5) is 11.8. The number of nitrogens with one attached hydrogen (secondary N) is 1. The second-order valence-corrected chi connectivity index (χ2v) is 6.82. The molecule has 0 saturated carbocycles. The molecule has 0 spiro atoms. The number of rotatable bonds is 7. The Morgan fingerprint density at radius 1 is 1.29 bits per heavy atom. The van der Waals surface area contributed by atoms with Crippen LogP contribution in [-0.4, -0.2) is 44.5 Å². The molecule has 0 radical (unpaired) electrons. The van der Waals surface area contributed by atoms with Gasteiger partial charge in [-0.15, -0.1) is 12.4 Å². The van der Waals surface area contributed by atoms with Crippen molar-refractivity contribution in [1.82, 2.24) is 9.62 Å². The Labute approximate surface area is 132 Å². The van der Waals surface area contributed by atoms with Crippen LogP contribution in [0.15, 0.2) is 24.3 Å². The first kappa shape index (κ1) is 19.7. The molecule has 120 valence electrons. The topological polar surface area (TPSA) is 92.5 Å². The molecule has 6 nitrogen and oxygen atoms in total. The number of anilines is 1. The van der Waals surface area contributed by atoms with Gasteiger partial charge < -0.3 is 11.1 Å². The number of carbonyl (C=O) groups is 1. The molecule has 1 amide bonds. The molecule has 0 unspecified atom stereocenters. The zero-order valence-corrected chi connectivity index (χ0v) is 13.8. The van der Waals surface area contributed by atoms with Crippen molar-refractivity contribution in [3.63, 3.8) is 0 Å². The minimum absolute atomic E-state index is 0. The minimum atomic E-state index is -3.15. The van der Waals surface area contributed by atoms with Crippen molar-refractivity contribution >= 4 is 34.0 Å². The van der Waals surface area contributed by atoms with Gasteiger partial charge in [0.1, 0.15) is 0 Å². The van der Waals surface area contributed by atoms with E-state index in [1.54, 1.807) is 38.2 Å². The second kappa shape index (κ2) is 8.86. The van der Waals surface area contributed by atoms with E-state index in [4.69, 9.17) is 5.73 Å². The zero-order chi connectivity index (χ0) is 15.2. The van der Waals surface area contributed by atoms with Crippen LogP contribution in [0.1, 0.15) is 23.7 Å². The van der Waals surface area contributed by atoms with Gasteiger partial charge in [0.15, 0.2) is 0 Å². The van der Waals surface area contributed by atoms with E-state index in [1.807, 2.05) is 0 Å². The molecule has 0 heterocycles. The lowest BCUT2D eigenvalue weighted by Gasteiger charge is -2.15. The molecule has 1 rings (SSSR count). The summed E-state index contributed by atoms with van der Waals surface area (Å²) in [5, 5.41) is 2.74. The van der Waals surface area contributed by atoms with Gasteiger partial charge in [-0.25, -0.2) is 12.7 Å².